The molecule has 4 rings (SSSR count). The Morgan fingerprint density at radius 3 is 2.38 bits per heavy atom. The molecule has 2 aromatic heterocycles. The van der Waals surface area contributed by atoms with Gasteiger partial charge in [0.1, 0.15) is 11.3 Å². The molecule has 1 aliphatic heterocycles. The van der Waals surface area contributed by atoms with E-state index in [1.165, 1.54) is 4.52 Å². The van der Waals surface area contributed by atoms with Gasteiger partial charge in [0.25, 0.3) is 0 Å². The van der Waals surface area contributed by atoms with Gasteiger partial charge in [0, 0.05) is 30.6 Å². The molecule has 1 saturated heterocycles. The summed E-state index contributed by atoms with van der Waals surface area (Å²) >= 11 is 0. The average Bonchev–Trinajstić information content (AvgIpc) is 3.08. The molecular formula is C24H32F4N4O2. The van der Waals surface area contributed by atoms with Crippen LogP contribution in [0.1, 0.15) is 88.2 Å². The highest BCUT2D eigenvalue weighted by molar-refractivity contribution is 5.68. The Morgan fingerprint density at radius 2 is 1.76 bits per heavy atom. The number of ether oxygens (including phenoxy) is 1. The number of hydrogen-bond acceptors (Lipinski definition) is 4. The number of carbonyl (C=O) groups is 1. The molecule has 0 bridgehead atoms. The Labute approximate surface area is 196 Å². The third kappa shape index (κ3) is 5.15. The highest BCUT2D eigenvalue weighted by atomic mass is 19.4. The van der Waals surface area contributed by atoms with Gasteiger partial charge in [0.2, 0.25) is 0 Å². The second-order valence-corrected chi connectivity index (χ2v) is 10.6. The Hall–Kier alpha value is -2.39. The molecule has 3 heterocycles. The van der Waals surface area contributed by atoms with Crippen LogP contribution in [0.25, 0.3) is 5.65 Å². The van der Waals surface area contributed by atoms with Gasteiger partial charge in [-0.25, -0.2) is 18.7 Å². The molecule has 10 heteroatoms. The van der Waals surface area contributed by atoms with E-state index in [-0.39, 0.29) is 55.0 Å². The van der Waals surface area contributed by atoms with Crippen molar-refractivity contribution in [2.45, 2.75) is 89.8 Å². The van der Waals surface area contributed by atoms with Crippen LogP contribution in [0.15, 0.2) is 6.07 Å². The van der Waals surface area contributed by atoms with Crippen LogP contribution >= 0.6 is 0 Å². The minimum Gasteiger partial charge on any atom is -0.444 e. The average molecular weight is 485 g/mol. The van der Waals surface area contributed by atoms with Crippen molar-refractivity contribution in [2.75, 3.05) is 13.1 Å². The van der Waals surface area contributed by atoms with Crippen molar-refractivity contribution in [3.8, 4) is 0 Å². The molecule has 1 aliphatic carbocycles. The number of hydrogen-bond donors (Lipinski definition) is 0. The number of alkyl halides is 3. The van der Waals surface area contributed by atoms with Crippen molar-refractivity contribution in [1.29, 1.82) is 0 Å². The van der Waals surface area contributed by atoms with E-state index in [9.17, 15) is 18.0 Å². The summed E-state index contributed by atoms with van der Waals surface area (Å²) in [6.07, 6.45) is -2.58. The number of piperidine rings is 1. The third-order valence-electron chi connectivity index (χ3n) is 6.78. The maximum absolute atomic E-state index is 15.4. The van der Waals surface area contributed by atoms with E-state index >= 15 is 4.39 Å². The van der Waals surface area contributed by atoms with Crippen LogP contribution in [0.3, 0.4) is 0 Å². The zero-order chi connectivity index (χ0) is 24.8. The topological polar surface area (TPSA) is 59.7 Å². The molecule has 188 valence electrons. The highest BCUT2D eigenvalue weighted by Gasteiger charge is 2.42. The predicted molar refractivity (Wildman–Crippen MR) is 118 cm³/mol. The first-order valence-corrected chi connectivity index (χ1v) is 11.9. The molecule has 0 N–H and O–H groups in total. The van der Waals surface area contributed by atoms with Crippen LogP contribution in [0.5, 0.6) is 0 Å². The molecular weight excluding hydrogens is 452 g/mol. The minimum absolute atomic E-state index is 0.0196. The number of amides is 1. The van der Waals surface area contributed by atoms with Crippen molar-refractivity contribution >= 4 is 11.7 Å². The summed E-state index contributed by atoms with van der Waals surface area (Å²) in [4.78, 5) is 18.6. The van der Waals surface area contributed by atoms with Crippen LogP contribution < -0.4 is 0 Å². The van der Waals surface area contributed by atoms with Gasteiger partial charge in [-0.05, 0) is 72.3 Å². The first-order chi connectivity index (χ1) is 15.8. The quantitative estimate of drug-likeness (QED) is 0.482. The second-order valence-electron chi connectivity index (χ2n) is 10.6. The number of nitrogens with zero attached hydrogens (tertiary/aromatic N) is 4. The molecule has 2 fully saturated rings. The first kappa shape index (κ1) is 24.7. The zero-order valence-corrected chi connectivity index (χ0v) is 20.1. The van der Waals surface area contributed by atoms with E-state index in [2.05, 4.69) is 10.1 Å². The highest BCUT2D eigenvalue weighted by Crippen LogP contribution is 2.43. The second kappa shape index (κ2) is 9.00. The lowest BCUT2D eigenvalue weighted by atomic mass is 9.80. The summed E-state index contributed by atoms with van der Waals surface area (Å²) in [6, 6.07) is 1.85. The number of halogens is 4. The van der Waals surface area contributed by atoms with Gasteiger partial charge in [-0.1, -0.05) is 0 Å². The monoisotopic (exact) mass is 484 g/mol. The number of fused-ring (bicyclic) bond motifs is 1. The summed E-state index contributed by atoms with van der Waals surface area (Å²) < 4.78 is 61.6. The van der Waals surface area contributed by atoms with Crippen LogP contribution in [0.4, 0.5) is 22.4 Å². The van der Waals surface area contributed by atoms with Gasteiger partial charge in [-0.15, -0.1) is 0 Å². The van der Waals surface area contributed by atoms with Gasteiger partial charge in [-0.2, -0.15) is 18.3 Å². The van der Waals surface area contributed by atoms with Gasteiger partial charge in [0.05, 0.1) is 11.6 Å². The van der Waals surface area contributed by atoms with E-state index < -0.39 is 23.5 Å². The van der Waals surface area contributed by atoms with Crippen molar-refractivity contribution in [1.82, 2.24) is 19.5 Å². The van der Waals surface area contributed by atoms with Crippen LogP contribution in [0.2, 0.25) is 0 Å². The van der Waals surface area contributed by atoms with Crippen LogP contribution in [-0.2, 0) is 4.74 Å². The number of carbonyl (C=O) groups excluding carboxylic acids is 1. The van der Waals surface area contributed by atoms with Crippen molar-refractivity contribution in [2.24, 2.45) is 5.92 Å². The van der Waals surface area contributed by atoms with E-state index in [4.69, 9.17) is 4.74 Å². The van der Waals surface area contributed by atoms with Crippen molar-refractivity contribution in [3.05, 3.63) is 29.0 Å². The van der Waals surface area contributed by atoms with Gasteiger partial charge >= 0.3 is 12.3 Å². The van der Waals surface area contributed by atoms with Crippen LogP contribution in [0, 0.1) is 18.7 Å². The normalized spacial score (nSPS) is 24.5. The summed E-state index contributed by atoms with van der Waals surface area (Å²) in [5.41, 5.74) is 1.07. The number of rotatable bonds is 2. The van der Waals surface area contributed by atoms with Gasteiger partial charge < -0.3 is 9.64 Å². The molecule has 0 radical (unpaired) electrons. The molecule has 6 nitrogen and oxygen atoms in total. The van der Waals surface area contributed by atoms with E-state index in [1.807, 2.05) is 26.8 Å². The fraction of sp³-hybridized carbons (Fsp3) is 0.708. The molecule has 1 saturated carbocycles. The lowest BCUT2D eigenvalue weighted by Crippen LogP contribution is -2.42. The minimum atomic E-state index is -4.21. The Kier molecular flexibility index (Phi) is 6.54. The van der Waals surface area contributed by atoms with E-state index in [1.54, 1.807) is 11.8 Å². The summed E-state index contributed by atoms with van der Waals surface area (Å²) in [7, 11) is 0. The van der Waals surface area contributed by atoms with Gasteiger partial charge in [-0.3, -0.25) is 0 Å². The molecule has 34 heavy (non-hydrogen) atoms. The van der Waals surface area contributed by atoms with E-state index in [0.29, 0.717) is 18.8 Å². The Balaban J connectivity index is 1.60. The molecule has 2 aliphatic rings. The van der Waals surface area contributed by atoms with Crippen molar-refractivity contribution < 1.29 is 27.1 Å². The molecule has 0 aromatic carbocycles. The zero-order valence-electron chi connectivity index (χ0n) is 20.1. The third-order valence-corrected chi connectivity index (χ3v) is 6.78. The summed E-state index contributed by atoms with van der Waals surface area (Å²) in [5, 5.41) is 4.53. The predicted octanol–water partition coefficient (Wildman–Crippen LogP) is 6.13. The number of likely N-dealkylation sites (tertiary alicyclic amines) is 1. The Bertz CT molecular complexity index is 1050. The maximum atomic E-state index is 15.4. The van der Waals surface area contributed by atoms with Crippen molar-refractivity contribution in [3.63, 3.8) is 0 Å². The molecule has 1 atom stereocenters. The largest absolute Gasteiger partial charge is 0.444 e. The fourth-order valence-corrected chi connectivity index (χ4v) is 5.11. The first-order valence-electron chi connectivity index (χ1n) is 11.9. The smallest absolute Gasteiger partial charge is 0.410 e. The molecule has 0 spiro atoms. The summed E-state index contributed by atoms with van der Waals surface area (Å²) in [6.45, 7) is 8.23. The number of aryl methyl sites for hydroxylation is 1. The fourth-order valence-electron chi connectivity index (χ4n) is 5.11. The Morgan fingerprint density at radius 1 is 1.09 bits per heavy atom. The molecule has 1 amide bonds. The SMILES string of the molecule is Cc1cc([C@@H]2CCCN(C(=O)OC(C)(C)C)C2)n2nc(C3CCC(C(F)(F)F)CC3)c(F)c2n1. The van der Waals surface area contributed by atoms with Crippen LogP contribution in [-0.4, -0.2) is 50.5 Å². The lowest BCUT2D eigenvalue weighted by molar-refractivity contribution is -0.182. The summed E-state index contributed by atoms with van der Waals surface area (Å²) in [5.74, 6) is -2.34. The van der Waals surface area contributed by atoms with E-state index in [0.717, 1.165) is 18.5 Å². The van der Waals surface area contributed by atoms with Gasteiger partial charge in [0.15, 0.2) is 11.5 Å². The number of aromatic nitrogens is 3. The lowest BCUT2D eigenvalue weighted by Gasteiger charge is -2.34. The standard InChI is InChI=1S/C24H32F4N4O2/c1-14-12-18(16-6-5-11-31(13-16)22(33)34-23(2,3)4)32-21(29-14)19(25)20(30-32)15-7-9-17(10-8-15)24(26,27)28/h12,15-17H,5-11,13H2,1-4H3/t15?,16-,17?/m1/s1. The molecule has 0 unspecified atom stereocenters. The maximum Gasteiger partial charge on any atom is 0.410 e. The molecule has 2 aromatic rings.